The van der Waals surface area contributed by atoms with E-state index in [1.807, 2.05) is 30.1 Å². The number of aromatic nitrogens is 2. The molecule has 2 aromatic rings. The lowest BCUT2D eigenvalue weighted by atomic mass is 10.1. The van der Waals surface area contributed by atoms with Crippen LogP contribution in [-0.4, -0.2) is 29.5 Å². The Hall–Kier alpha value is -1.46. The van der Waals surface area contributed by atoms with Crippen LogP contribution in [-0.2, 0) is 6.42 Å². The summed E-state index contributed by atoms with van der Waals surface area (Å²) in [5, 5.41) is 0.932. The molecule has 0 fully saturated rings. The maximum absolute atomic E-state index is 5.51. The van der Waals surface area contributed by atoms with Gasteiger partial charge >= 0.3 is 0 Å². The Labute approximate surface area is 105 Å². The van der Waals surface area contributed by atoms with Crippen LogP contribution >= 0.6 is 11.5 Å². The summed E-state index contributed by atoms with van der Waals surface area (Å²) in [6, 6.07) is 10.2. The highest BCUT2D eigenvalue weighted by Crippen LogP contribution is 2.17. The van der Waals surface area contributed by atoms with Crippen molar-refractivity contribution in [1.82, 2.24) is 9.36 Å². The summed E-state index contributed by atoms with van der Waals surface area (Å²) in [5.41, 5.74) is 6.75. The van der Waals surface area contributed by atoms with Crippen LogP contribution < -0.4 is 10.6 Å². The van der Waals surface area contributed by atoms with E-state index < -0.39 is 0 Å². The molecule has 0 aliphatic rings. The minimum atomic E-state index is 0.629. The smallest absolute Gasteiger partial charge is 0.204 e. The highest BCUT2D eigenvalue weighted by molar-refractivity contribution is 7.09. The van der Waals surface area contributed by atoms with E-state index in [0.29, 0.717) is 6.54 Å². The van der Waals surface area contributed by atoms with Gasteiger partial charge in [-0.25, -0.2) is 4.98 Å². The average Bonchev–Trinajstić information content (AvgIpc) is 2.79. The van der Waals surface area contributed by atoms with Gasteiger partial charge in [-0.3, -0.25) is 0 Å². The monoisotopic (exact) mass is 248 g/mol. The first-order valence-electron chi connectivity index (χ1n) is 5.57. The molecule has 4 nitrogen and oxygen atoms in total. The van der Waals surface area contributed by atoms with Crippen molar-refractivity contribution in [2.45, 2.75) is 6.42 Å². The van der Waals surface area contributed by atoms with Crippen LogP contribution in [0.4, 0.5) is 5.13 Å². The number of rotatable bonds is 5. The second-order valence-electron chi connectivity index (χ2n) is 3.87. The molecule has 0 aliphatic carbocycles. The van der Waals surface area contributed by atoms with Crippen molar-refractivity contribution in [3.63, 3.8) is 0 Å². The minimum absolute atomic E-state index is 0.629. The molecule has 0 bridgehead atoms. The molecule has 0 spiro atoms. The maximum Gasteiger partial charge on any atom is 0.204 e. The molecule has 90 valence electrons. The fraction of sp³-hybridized carbons (Fsp3) is 0.333. The summed E-state index contributed by atoms with van der Waals surface area (Å²) >= 11 is 1.43. The first-order chi connectivity index (χ1) is 8.29. The minimum Gasteiger partial charge on any atom is -0.349 e. The SMILES string of the molecule is CN(CCN)c1nc(Cc2ccccc2)ns1. The summed E-state index contributed by atoms with van der Waals surface area (Å²) in [6.07, 6.45) is 0.786. The van der Waals surface area contributed by atoms with Gasteiger partial charge in [-0.1, -0.05) is 30.3 Å². The second kappa shape index (κ2) is 5.75. The molecule has 0 amide bonds. The van der Waals surface area contributed by atoms with Gasteiger partial charge < -0.3 is 10.6 Å². The zero-order chi connectivity index (χ0) is 12.1. The Morgan fingerprint density at radius 1 is 1.29 bits per heavy atom. The van der Waals surface area contributed by atoms with Gasteiger partial charge in [0.25, 0.3) is 0 Å². The fourth-order valence-electron chi connectivity index (χ4n) is 1.54. The molecule has 17 heavy (non-hydrogen) atoms. The molecule has 5 heteroatoms. The predicted molar refractivity (Wildman–Crippen MR) is 71.5 cm³/mol. The van der Waals surface area contributed by atoms with E-state index in [2.05, 4.69) is 21.5 Å². The standard InChI is InChI=1S/C12H16N4S/c1-16(8-7-13)12-14-11(15-17-12)9-10-5-3-2-4-6-10/h2-6H,7-9,13H2,1H3. The lowest BCUT2D eigenvalue weighted by molar-refractivity contribution is 0.873. The van der Waals surface area contributed by atoms with Gasteiger partial charge in [0.15, 0.2) is 0 Å². The van der Waals surface area contributed by atoms with Crippen LogP contribution in [0, 0.1) is 0 Å². The number of nitrogens with zero attached hydrogens (tertiary/aromatic N) is 3. The summed E-state index contributed by atoms with van der Waals surface area (Å²) in [6.45, 7) is 1.43. The summed E-state index contributed by atoms with van der Waals surface area (Å²) in [7, 11) is 1.99. The van der Waals surface area contributed by atoms with E-state index in [9.17, 15) is 0 Å². The van der Waals surface area contributed by atoms with Crippen LogP contribution in [0.2, 0.25) is 0 Å². The number of nitrogens with two attached hydrogens (primary N) is 1. The molecule has 0 saturated heterocycles. The van der Waals surface area contributed by atoms with Crippen molar-refractivity contribution in [3.05, 3.63) is 41.7 Å². The third kappa shape index (κ3) is 3.25. The van der Waals surface area contributed by atoms with Crippen molar-refractivity contribution < 1.29 is 0 Å². The molecular formula is C12H16N4S. The maximum atomic E-state index is 5.51. The van der Waals surface area contributed by atoms with E-state index in [1.165, 1.54) is 17.1 Å². The average molecular weight is 248 g/mol. The molecule has 0 radical (unpaired) electrons. The van der Waals surface area contributed by atoms with E-state index in [0.717, 1.165) is 23.9 Å². The number of anilines is 1. The lowest BCUT2D eigenvalue weighted by Crippen LogP contribution is -2.24. The van der Waals surface area contributed by atoms with Crippen LogP contribution in [0.5, 0.6) is 0 Å². The van der Waals surface area contributed by atoms with Gasteiger partial charge in [0.2, 0.25) is 5.13 Å². The number of hydrogen-bond donors (Lipinski definition) is 1. The highest BCUT2D eigenvalue weighted by atomic mass is 32.1. The second-order valence-corrected chi connectivity index (χ2v) is 4.60. The van der Waals surface area contributed by atoms with Gasteiger partial charge in [-0.05, 0) is 5.56 Å². The largest absolute Gasteiger partial charge is 0.349 e. The molecule has 0 unspecified atom stereocenters. The normalized spacial score (nSPS) is 10.5. The Morgan fingerprint density at radius 3 is 2.76 bits per heavy atom. The molecule has 2 rings (SSSR count). The van der Waals surface area contributed by atoms with Gasteiger partial charge in [0, 0.05) is 38.1 Å². The predicted octanol–water partition coefficient (Wildman–Crippen LogP) is 1.52. The molecular weight excluding hydrogens is 232 g/mol. The van der Waals surface area contributed by atoms with Gasteiger partial charge in [0.05, 0.1) is 0 Å². The summed E-state index contributed by atoms with van der Waals surface area (Å²) in [5.74, 6) is 0.875. The Morgan fingerprint density at radius 2 is 2.06 bits per heavy atom. The third-order valence-corrected chi connectivity index (χ3v) is 3.32. The van der Waals surface area contributed by atoms with Crippen molar-refractivity contribution in [2.75, 3.05) is 25.0 Å². The van der Waals surface area contributed by atoms with Crippen LogP contribution in [0.15, 0.2) is 30.3 Å². The van der Waals surface area contributed by atoms with Crippen LogP contribution in [0.3, 0.4) is 0 Å². The van der Waals surface area contributed by atoms with E-state index >= 15 is 0 Å². The first kappa shape index (κ1) is 12.0. The molecule has 0 atom stereocenters. The van der Waals surface area contributed by atoms with Gasteiger partial charge in [-0.2, -0.15) is 4.37 Å². The van der Waals surface area contributed by atoms with Crippen molar-refractivity contribution in [2.24, 2.45) is 5.73 Å². The van der Waals surface area contributed by atoms with Gasteiger partial charge in [0.1, 0.15) is 5.82 Å². The van der Waals surface area contributed by atoms with E-state index in [1.54, 1.807) is 0 Å². The molecule has 0 aliphatic heterocycles. The Balaban J connectivity index is 2.04. The quantitative estimate of drug-likeness (QED) is 0.871. The summed E-state index contributed by atoms with van der Waals surface area (Å²) < 4.78 is 4.36. The highest BCUT2D eigenvalue weighted by Gasteiger charge is 2.08. The van der Waals surface area contributed by atoms with E-state index in [4.69, 9.17) is 5.73 Å². The van der Waals surface area contributed by atoms with Gasteiger partial charge in [-0.15, -0.1) is 0 Å². The van der Waals surface area contributed by atoms with Crippen molar-refractivity contribution >= 4 is 16.7 Å². The summed E-state index contributed by atoms with van der Waals surface area (Å²) in [4.78, 5) is 6.54. The Kier molecular flexibility index (Phi) is 4.06. The molecule has 1 heterocycles. The van der Waals surface area contributed by atoms with Crippen LogP contribution in [0.25, 0.3) is 0 Å². The lowest BCUT2D eigenvalue weighted by Gasteiger charge is -2.12. The number of hydrogen-bond acceptors (Lipinski definition) is 5. The molecule has 1 aromatic heterocycles. The van der Waals surface area contributed by atoms with Crippen molar-refractivity contribution in [1.29, 1.82) is 0 Å². The molecule has 2 N–H and O–H groups in total. The van der Waals surface area contributed by atoms with E-state index in [-0.39, 0.29) is 0 Å². The van der Waals surface area contributed by atoms with Crippen molar-refractivity contribution in [3.8, 4) is 0 Å². The number of likely N-dealkylation sites (N-methyl/N-ethyl adjacent to an activating group) is 1. The zero-order valence-electron chi connectivity index (χ0n) is 9.84. The van der Waals surface area contributed by atoms with Crippen LogP contribution in [0.1, 0.15) is 11.4 Å². The third-order valence-electron chi connectivity index (χ3n) is 2.45. The Bertz CT molecular complexity index is 455. The number of benzene rings is 1. The first-order valence-corrected chi connectivity index (χ1v) is 6.34. The fourth-order valence-corrected chi connectivity index (χ4v) is 2.21. The molecule has 0 saturated carbocycles. The zero-order valence-corrected chi connectivity index (χ0v) is 10.7. The molecule has 1 aromatic carbocycles. The topological polar surface area (TPSA) is 55.0 Å².